The van der Waals surface area contributed by atoms with E-state index in [4.69, 9.17) is 9.51 Å². The second-order valence-electron chi connectivity index (χ2n) is 15.5. The summed E-state index contributed by atoms with van der Waals surface area (Å²) in [6.45, 7) is 6.76. The molecule has 240 valence electrons. The van der Waals surface area contributed by atoms with Gasteiger partial charge in [-0.25, -0.2) is 4.39 Å². The lowest BCUT2D eigenvalue weighted by Crippen LogP contribution is -2.65. The average Bonchev–Trinajstić information content (AvgIpc) is 3.48. The van der Waals surface area contributed by atoms with Crippen molar-refractivity contribution in [2.45, 2.75) is 108 Å². The SMILES string of the molecule is CC(C)(C)c1nc(C23CCC(CN(C(=O)CC45CC(F)(C4)C5)c4cccc(Nc5ccc(C(F)(F)F)cc5)c4)(CC2)CC3)no1. The van der Waals surface area contributed by atoms with Crippen LogP contribution in [-0.4, -0.2) is 28.3 Å². The molecule has 2 aromatic carbocycles. The van der Waals surface area contributed by atoms with Crippen LogP contribution >= 0.6 is 0 Å². The average molecular weight is 625 g/mol. The van der Waals surface area contributed by atoms with Crippen LogP contribution in [0.2, 0.25) is 0 Å². The molecular formula is C35H40F4N4O2. The molecule has 0 radical (unpaired) electrons. The minimum absolute atomic E-state index is 0.00759. The van der Waals surface area contributed by atoms with Crippen molar-refractivity contribution in [1.82, 2.24) is 10.1 Å². The third kappa shape index (κ3) is 5.52. The number of hydrogen-bond donors (Lipinski definition) is 1. The Morgan fingerprint density at radius 2 is 1.56 bits per heavy atom. The van der Waals surface area contributed by atoms with Gasteiger partial charge in [-0.1, -0.05) is 32.0 Å². The zero-order valence-electron chi connectivity index (χ0n) is 26.1. The van der Waals surface area contributed by atoms with Gasteiger partial charge in [0.05, 0.1) is 5.56 Å². The molecule has 6 aliphatic rings. The fourth-order valence-corrected chi connectivity index (χ4v) is 8.36. The van der Waals surface area contributed by atoms with Crippen molar-refractivity contribution in [2.75, 3.05) is 16.8 Å². The van der Waals surface area contributed by atoms with Gasteiger partial charge in [-0.2, -0.15) is 18.2 Å². The van der Waals surface area contributed by atoms with Crippen molar-refractivity contribution in [1.29, 1.82) is 0 Å². The topological polar surface area (TPSA) is 71.3 Å². The largest absolute Gasteiger partial charge is 0.416 e. The number of fused-ring (bicyclic) bond motifs is 3. The van der Waals surface area contributed by atoms with Gasteiger partial charge in [-0.3, -0.25) is 4.79 Å². The van der Waals surface area contributed by atoms with Gasteiger partial charge in [0.25, 0.3) is 0 Å². The van der Waals surface area contributed by atoms with Crippen LogP contribution in [0.1, 0.15) is 102 Å². The Morgan fingerprint density at radius 3 is 2.11 bits per heavy atom. The first kappa shape index (κ1) is 30.2. The molecule has 9 rings (SSSR count). The van der Waals surface area contributed by atoms with Gasteiger partial charge in [0.1, 0.15) is 5.67 Å². The number of carbonyl (C=O) groups excluding carboxylic acids is 1. The van der Waals surface area contributed by atoms with Crippen LogP contribution in [0.25, 0.3) is 0 Å². The molecule has 1 N–H and O–H groups in total. The summed E-state index contributed by atoms with van der Waals surface area (Å²) in [5.74, 6) is 1.46. The Morgan fingerprint density at radius 1 is 0.911 bits per heavy atom. The molecule has 0 saturated heterocycles. The first-order valence-corrected chi connectivity index (χ1v) is 16.0. The van der Waals surface area contributed by atoms with Gasteiger partial charge >= 0.3 is 6.18 Å². The maximum Gasteiger partial charge on any atom is 0.416 e. The van der Waals surface area contributed by atoms with E-state index in [0.717, 1.165) is 62.2 Å². The summed E-state index contributed by atoms with van der Waals surface area (Å²) < 4.78 is 59.2. The number of aromatic nitrogens is 2. The number of rotatable bonds is 8. The first-order valence-electron chi connectivity index (χ1n) is 16.0. The molecule has 1 amide bonds. The molecule has 4 bridgehead atoms. The van der Waals surface area contributed by atoms with Gasteiger partial charge in [0, 0.05) is 40.9 Å². The summed E-state index contributed by atoms with van der Waals surface area (Å²) in [5, 5.41) is 7.61. The van der Waals surface area contributed by atoms with E-state index in [-0.39, 0.29) is 27.6 Å². The van der Waals surface area contributed by atoms with E-state index in [9.17, 15) is 22.4 Å². The fourth-order valence-electron chi connectivity index (χ4n) is 8.36. The number of nitrogens with zero attached hydrogens (tertiary/aromatic N) is 3. The van der Waals surface area contributed by atoms with Crippen molar-refractivity contribution in [3.8, 4) is 0 Å². The number of hydrogen-bond acceptors (Lipinski definition) is 5. The highest BCUT2D eigenvalue weighted by molar-refractivity contribution is 5.95. The zero-order chi connectivity index (χ0) is 31.9. The molecular weight excluding hydrogens is 584 g/mol. The third-order valence-corrected chi connectivity index (χ3v) is 11.0. The molecule has 1 aromatic heterocycles. The second kappa shape index (κ2) is 10.0. The number of anilines is 3. The molecule has 3 aromatic rings. The molecule has 6 nitrogen and oxygen atoms in total. The Hall–Kier alpha value is -3.43. The summed E-state index contributed by atoms with van der Waals surface area (Å²) in [6.07, 6.45) is 2.94. The predicted octanol–water partition coefficient (Wildman–Crippen LogP) is 9.04. The Balaban J connectivity index is 1.11. The molecule has 0 atom stereocenters. The van der Waals surface area contributed by atoms with Crippen LogP contribution in [0.3, 0.4) is 0 Å². The maximum absolute atomic E-state index is 14.4. The van der Waals surface area contributed by atoms with Crippen LogP contribution in [0.15, 0.2) is 53.1 Å². The van der Waals surface area contributed by atoms with Gasteiger partial charge in [-0.05, 0) is 111 Å². The Labute approximate surface area is 261 Å². The number of alkyl halides is 4. The number of amides is 1. The highest BCUT2D eigenvalue weighted by atomic mass is 19.4. The van der Waals surface area contributed by atoms with Crippen molar-refractivity contribution in [3.63, 3.8) is 0 Å². The number of benzene rings is 2. The van der Waals surface area contributed by atoms with E-state index in [1.54, 1.807) is 0 Å². The zero-order valence-corrected chi connectivity index (χ0v) is 26.1. The molecule has 1 heterocycles. The standard InChI is InChI=1S/C35H40F4N4O2/c1-30(2,3)29-41-28(42-45-29)33-14-11-31(12-15-33,13-16-33)22-43(27(44)18-32-19-34(36,20-32)21-32)26-6-4-5-25(17-26)40-24-9-7-23(8-10-24)35(37,38)39/h4-10,17,40H,11-16,18-22H2,1-3H3. The summed E-state index contributed by atoms with van der Waals surface area (Å²) in [6, 6.07) is 12.4. The van der Waals surface area contributed by atoms with Gasteiger partial charge in [-0.15, -0.1) is 0 Å². The first-order chi connectivity index (χ1) is 21.1. The summed E-state index contributed by atoms with van der Waals surface area (Å²) in [7, 11) is 0. The molecule has 0 aliphatic heterocycles. The lowest BCUT2D eigenvalue weighted by molar-refractivity contribution is -0.215. The molecule has 6 fully saturated rings. The molecule has 6 aliphatic carbocycles. The molecule has 0 spiro atoms. The number of nitrogens with one attached hydrogen (secondary N) is 1. The van der Waals surface area contributed by atoms with E-state index >= 15 is 0 Å². The quantitative estimate of drug-likeness (QED) is 0.253. The third-order valence-electron chi connectivity index (χ3n) is 11.0. The molecule has 10 heteroatoms. The van der Waals surface area contributed by atoms with Crippen molar-refractivity contribution >= 4 is 23.0 Å². The predicted molar refractivity (Wildman–Crippen MR) is 163 cm³/mol. The van der Waals surface area contributed by atoms with Gasteiger partial charge in [0.2, 0.25) is 11.8 Å². The highest BCUT2D eigenvalue weighted by Gasteiger charge is 2.69. The van der Waals surface area contributed by atoms with Crippen LogP contribution in [0.4, 0.5) is 34.6 Å². The number of halogens is 4. The Bertz CT molecular complexity index is 1560. The molecule has 45 heavy (non-hydrogen) atoms. The smallest absolute Gasteiger partial charge is 0.355 e. The van der Waals surface area contributed by atoms with Crippen LogP contribution in [0, 0.1) is 10.8 Å². The molecule has 6 saturated carbocycles. The van der Waals surface area contributed by atoms with E-state index in [1.165, 1.54) is 12.1 Å². The highest BCUT2D eigenvalue weighted by Crippen LogP contribution is 2.71. The van der Waals surface area contributed by atoms with Crippen LogP contribution < -0.4 is 10.2 Å². The lowest BCUT2D eigenvalue weighted by Gasteiger charge is -2.66. The van der Waals surface area contributed by atoms with Crippen LogP contribution in [0.5, 0.6) is 0 Å². The maximum atomic E-state index is 14.4. The van der Waals surface area contributed by atoms with Gasteiger partial charge in [0.15, 0.2) is 5.82 Å². The minimum atomic E-state index is -4.40. The summed E-state index contributed by atoms with van der Waals surface area (Å²) in [5.41, 5.74) is -0.444. The van der Waals surface area contributed by atoms with Crippen LogP contribution in [-0.2, 0) is 21.8 Å². The Kier molecular flexibility index (Phi) is 6.74. The van der Waals surface area contributed by atoms with Gasteiger partial charge < -0.3 is 14.7 Å². The fraction of sp³-hybridized carbons (Fsp3) is 0.571. The summed E-state index contributed by atoms with van der Waals surface area (Å²) >= 11 is 0. The summed E-state index contributed by atoms with van der Waals surface area (Å²) in [4.78, 5) is 20.8. The second-order valence-corrected chi connectivity index (χ2v) is 15.5. The van der Waals surface area contributed by atoms with Crippen molar-refractivity contribution in [3.05, 3.63) is 65.8 Å². The van der Waals surface area contributed by atoms with E-state index in [1.807, 2.05) is 29.2 Å². The van der Waals surface area contributed by atoms with Crippen molar-refractivity contribution in [2.24, 2.45) is 10.8 Å². The minimum Gasteiger partial charge on any atom is -0.355 e. The normalized spacial score (nSPS) is 30.4. The monoisotopic (exact) mass is 624 g/mol. The lowest BCUT2D eigenvalue weighted by atomic mass is 9.41. The van der Waals surface area contributed by atoms with E-state index < -0.39 is 17.4 Å². The number of carbonyl (C=O) groups is 1. The van der Waals surface area contributed by atoms with E-state index in [2.05, 4.69) is 31.2 Å². The molecule has 0 unspecified atom stereocenters. The van der Waals surface area contributed by atoms with Crippen molar-refractivity contribution < 1.29 is 26.9 Å². The van der Waals surface area contributed by atoms with E-state index in [0.29, 0.717) is 49.5 Å².